The predicted octanol–water partition coefficient (Wildman–Crippen LogP) is 1.96. The fourth-order valence-electron chi connectivity index (χ4n) is 3.29. The van der Waals surface area contributed by atoms with Gasteiger partial charge in [-0.05, 0) is 31.4 Å². The average Bonchev–Trinajstić information content (AvgIpc) is 2.84. The first-order chi connectivity index (χ1) is 12.2. The number of halogens is 3. The standard InChI is InChI=1S/C16H18F3N3O3S/c17-16(18,19)10-4-3-5-11(8-10)21-14(23)9-20-15-12-6-1-2-7-13(12)26(24,25)22-15/h1-2,6-7,10-11H,3-5,8-9H2,(H,20,22)(H,21,23)/t10-,11+/m0/s1. The lowest BCUT2D eigenvalue weighted by Crippen LogP contribution is -2.42. The Morgan fingerprint density at radius 2 is 2.00 bits per heavy atom. The van der Waals surface area contributed by atoms with Crippen LogP contribution in [0.15, 0.2) is 34.2 Å². The third-order valence-corrected chi connectivity index (χ3v) is 5.94. The number of sulfonamides is 1. The van der Waals surface area contributed by atoms with Gasteiger partial charge >= 0.3 is 6.18 Å². The minimum absolute atomic E-state index is 0.0626. The fraction of sp³-hybridized carbons (Fsp3) is 0.500. The zero-order chi connectivity index (χ0) is 18.9. The van der Waals surface area contributed by atoms with Gasteiger partial charge in [0.05, 0.1) is 10.8 Å². The molecule has 10 heteroatoms. The molecule has 2 N–H and O–H groups in total. The normalized spacial score (nSPS) is 26.2. The molecule has 0 spiro atoms. The molecule has 1 aromatic rings. The number of carbonyl (C=O) groups excluding carboxylic acids is 1. The number of nitrogens with zero attached hydrogens (tertiary/aromatic N) is 1. The molecule has 6 nitrogen and oxygen atoms in total. The summed E-state index contributed by atoms with van der Waals surface area (Å²) in [5.41, 5.74) is 0.370. The van der Waals surface area contributed by atoms with E-state index in [2.05, 4.69) is 15.0 Å². The van der Waals surface area contributed by atoms with E-state index in [9.17, 15) is 26.4 Å². The van der Waals surface area contributed by atoms with Crippen LogP contribution in [0.25, 0.3) is 0 Å². The van der Waals surface area contributed by atoms with E-state index in [-0.39, 0.29) is 30.1 Å². The Bertz CT molecular complexity index is 837. The molecular weight excluding hydrogens is 371 g/mol. The Balaban J connectivity index is 1.62. The summed E-state index contributed by atoms with van der Waals surface area (Å²) in [5, 5.41) is 2.57. The van der Waals surface area contributed by atoms with Crippen molar-refractivity contribution in [1.82, 2.24) is 10.0 Å². The van der Waals surface area contributed by atoms with Gasteiger partial charge in [0.2, 0.25) is 5.91 Å². The van der Waals surface area contributed by atoms with Gasteiger partial charge in [0, 0.05) is 11.6 Å². The number of amidine groups is 1. The van der Waals surface area contributed by atoms with Crippen LogP contribution in [-0.4, -0.2) is 38.9 Å². The van der Waals surface area contributed by atoms with Crippen LogP contribution in [-0.2, 0) is 14.8 Å². The number of rotatable bonds is 3. The quantitative estimate of drug-likeness (QED) is 0.829. The molecule has 3 rings (SSSR count). The molecule has 2 aliphatic rings. The highest BCUT2D eigenvalue weighted by Crippen LogP contribution is 2.37. The highest BCUT2D eigenvalue weighted by Gasteiger charge is 2.42. The number of benzene rings is 1. The molecule has 0 bridgehead atoms. The summed E-state index contributed by atoms with van der Waals surface area (Å²) in [6.45, 7) is -0.362. The summed E-state index contributed by atoms with van der Waals surface area (Å²) in [5.74, 6) is -1.87. The minimum atomic E-state index is -4.25. The van der Waals surface area contributed by atoms with Crippen molar-refractivity contribution in [3.8, 4) is 0 Å². The first-order valence-electron chi connectivity index (χ1n) is 8.19. The maximum atomic E-state index is 12.8. The van der Waals surface area contributed by atoms with Gasteiger partial charge in [-0.15, -0.1) is 0 Å². The number of hydrogen-bond acceptors (Lipinski definition) is 4. The summed E-state index contributed by atoms with van der Waals surface area (Å²) in [6.07, 6.45) is -3.42. The van der Waals surface area contributed by atoms with E-state index in [1.807, 2.05) is 0 Å². The lowest BCUT2D eigenvalue weighted by molar-refractivity contribution is -0.184. The first-order valence-corrected chi connectivity index (χ1v) is 9.68. The maximum Gasteiger partial charge on any atom is 0.391 e. The SMILES string of the molecule is O=C(CN=C1NS(=O)(=O)c2ccccc21)N[C@@H]1CCC[C@H](C(F)(F)F)C1. The van der Waals surface area contributed by atoms with Gasteiger partial charge < -0.3 is 5.32 Å². The van der Waals surface area contributed by atoms with Crippen molar-refractivity contribution in [2.75, 3.05) is 6.54 Å². The number of hydrogen-bond donors (Lipinski definition) is 2. The van der Waals surface area contributed by atoms with Gasteiger partial charge in [0.15, 0.2) is 0 Å². The number of aliphatic imine (C=N–C) groups is 1. The van der Waals surface area contributed by atoms with Crippen molar-refractivity contribution >= 4 is 21.8 Å². The van der Waals surface area contributed by atoms with Gasteiger partial charge in [-0.2, -0.15) is 13.2 Å². The second-order valence-electron chi connectivity index (χ2n) is 6.44. The summed E-state index contributed by atoms with van der Waals surface area (Å²) < 4.78 is 64.6. The Morgan fingerprint density at radius 3 is 2.73 bits per heavy atom. The van der Waals surface area contributed by atoms with Crippen LogP contribution in [0.3, 0.4) is 0 Å². The number of alkyl halides is 3. The minimum Gasteiger partial charge on any atom is -0.352 e. The molecule has 26 heavy (non-hydrogen) atoms. The van der Waals surface area contributed by atoms with Crippen LogP contribution < -0.4 is 10.0 Å². The van der Waals surface area contributed by atoms with E-state index in [0.717, 1.165) is 0 Å². The molecule has 1 aliphatic carbocycles. The fourth-order valence-corrected chi connectivity index (χ4v) is 4.54. The molecule has 1 aromatic carbocycles. The largest absolute Gasteiger partial charge is 0.391 e. The maximum absolute atomic E-state index is 12.8. The van der Waals surface area contributed by atoms with Crippen LogP contribution in [0.1, 0.15) is 31.2 Å². The summed E-state index contributed by atoms with van der Waals surface area (Å²) in [7, 11) is -3.69. The monoisotopic (exact) mass is 389 g/mol. The summed E-state index contributed by atoms with van der Waals surface area (Å²) in [6, 6.07) is 5.68. The number of nitrogens with one attached hydrogen (secondary N) is 2. The molecule has 0 aromatic heterocycles. The molecular formula is C16H18F3N3O3S. The predicted molar refractivity (Wildman–Crippen MR) is 88.1 cm³/mol. The van der Waals surface area contributed by atoms with Crippen LogP contribution in [0.4, 0.5) is 13.2 Å². The highest BCUT2D eigenvalue weighted by atomic mass is 32.2. The number of amides is 1. The third-order valence-electron chi connectivity index (χ3n) is 4.55. The van der Waals surface area contributed by atoms with E-state index >= 15 is 0 Å². The first kappa shape index (κ1) is 18.7. The van der Waals surface area contributed by atoms with Crippen molar-refractivity contribution in [2.45, 2.75) is 42.8 Å². The van der Waals surface area contributed by atoms with E-state index in [4.69, 9.17) is 0 Å². The van der Waals surface area contributed by atoms with E-state index in [1.165, 1.54) is 6.07 Å². The molecule has 1 aliphatic heterocycles. The lowest BCUT2D eigenvalue weighted by atomic mass is 9.85. The molecule has 1 heterocycles. The summed E-state index contributed by atoms with van der Waals surface area (Å²) >= 11 is 0. The lowest BCUT2D eigenvalue weighted by Gasteiger charge is -2.30. The van der Waals surface area contributed by atoms with Crippen LogP contribution in [0, 0.1) is 5.92 Å². The zero-order valence-electron chi connectivity index (χ0n) is 13.7. The van der Waals surface area contributed by atoms with Crippen molar-refractivity contribution in [3.63, 3.8) is 0 Å². The molecule has 142 valence electrons. The number of carbonyl (C=O) groups is 1. The molecule has 0 saturated heterocycles. The van der Waals surface area contributed by atoms with Crippen LogP contribution in [0.2, 0.25) is 0 Å². The topological polar surface area (TPSA) is 87.6 Å². The Kier molecular flexibility index (Phi) is 4.96. The highest BCUT2D eigenvalue weighted by molar-refractivity contribution is 7.90. The van der Waals surface area contributed by atoms with Crippen LogP contribution in [0.5, 0.6) is 0 Å². The Morgan fingerprint density at radius 1 is 1.27 bits per heavy atom. The molecule has 1 saturated carbocycles. The summed E-state index contributed by atoms with van der Waals surface area (Å²) in [4.78, 5) is 16.1. The van der Waals surface area contributed by atoms with E-state index < -0.39 is 34.1 Å². The smallest absolute Gasteiger partial charge is 0.352 e. The van der Waals surface area contributed by atoms with Gasteiger partial charge in [0.1, 0.15) is 12.4 Å². The van der Waals surface area contributed by atoms with Gasteiger partial charge in [-0.25, -0.2) is 8.42 Å². The molecule has 0 unspecified atom stereocenters. The number of fused-ring (bicyclic) bond motifs is 1. The second kappa shape index (κ2) is 6.90. The van der Waals surface area contributed by atoms with E-state index in [0.29, 0.717) is 18.4 Å². The van der Waals surface area contributed by atoms with Crippen molar-refractivity contribution in [2.24, 2.45) is 10.9 Å². The second-order valence-corrected chi connectivity index (χ2v) is 8.09. The molecule has 2 atom stereocenters. The Hall–Kier alpha value is -2.10. The average molecular weight is 389 g/mol. The van der Waals surface area contributed by atoms with Crippen molar-refractivity contribution < 1.29 is 26.4 Å². The van der Waals surface area contributed by atoms with Gasteiger partial charge in [-0.3, -0.25) is 14.5 Å². The van der Waals surface area contributed by atoms with Crippen LogP contribution >= 0.6 is 0 Å². The third kappa shape index (κ3) is 4.00. The zero-order valence-corrected chi connectivity index (χ0v) is 14.5. The molecule has 0 radical (unpaired) electrons. The van der Waals surface area contributed by atoms with Crippen molar-refractivity contribution in [3.05, 3.63) is 29.8 Å². The van der Waals surface area contributed by atoms with Gasteiger partial charge in [0.25, 0.3) is 10.0 Å². The molecule has 1 amide bonds. The Labute approximate surface area is 148 Å². The van der Waals surface area contributed by atoms with E-state index in [1.54, 1.807) is 18.2 Å². The van der Waals surface area contributed by atoms with Crippen molar-refractivity contribution in [1.29, 1.82) is 0 Å². The molecule has 1 fully saturated rings. The van der Waals surface area contributed by atoms with Gasteiger partial charge in [-0.1, -0.05) is 18.6 Å².